The van der Waals surface area contributed by atoms with Crippen LogP contribution in [0.15, 0.2) is 49.3 Å². The van der Waals surface area contributed by atoms with Gasteiger partial charge in [-0.25, -0.2) is 23.3 Å². The van der Waals surface area contributed by atoms with Gasteiger partial charge < -0.3 is 0 Å². The maximum absolute atomic E-state index is 4.76. The van der Waals surface area contributed by atoms with E-state index in [1.54, 1.807) is 0 Å². The fraction of sp³-hybridized carbons (Fsp3) is 0.312. The first-order chi connectivity index (χ1) is 10.1. The van der Waals surface area contributed by atoms with E-state index in [9.17, 15) is 0 Å². The van der Waals surface area contributed by atoms with Crippen LogP contribution in [0, 0.1) is 6.92 Å². The predicted molar refractivity (Wildman–Crippen MR) is 78.4 cm³/mol. The van der Waals surface area contributed by atoms with Crippen LogP contribution in [0.4, 0.5) is 0 Å². The molecule has 0 spiro atoms. The Morgan fingerprint density at radius 2 is 1.81 bits per heavy atom. The Balaban J connectivity index is 1.78. The van der Waals surface area contributed by atoms with Crippen molar-refractivity contribution >= 4 is 0 Å². The summed E-state index contributed by atoms with van der Waals surface area (Å²) in [6, 6.07) is 6.24. The lowest BCUT2D eigenvalue weighted by atomic mass is 10.3. The van der Waals surface area contributed by atoms with Crippen LogP contribution in [0.2, 0.25) is 0 Å². The molecule has 0 amide bonds. The van der Waals surface area contributed by atoms with E-state index < -0.39 is 0 Å². The van der Waals surface area contributed by atoms with E-state index in [-0.39, 0.29) is 0 Å². The van der Waals surface area contributed by atoms with Crippen LogP contribution in [-0.2, 0) is 27.2 Å². The predicted octanol–water partition coefficient (Wildman–Crippen LogP) is 0.739. The zero-order valence-electron chi connectivity index (χ0n) is 12.8. The van der Waals surface area contributed by atoms with Crippen LogP contribution >= 0.6 is 0 Å². The summed E-state index contributed by atoms with van der Waals surface area (Å²) in [5, 5.41) is 0. The highest BCUT2D eigenvalue weighted by atomic mass is 15.1. The molecule has 0 aliphatic rings. The molecule has 108 valence electrons. The molecule has 3 aromatic heterocycles. The lowest BCUT2D eigenvalue weighted by Crippen LogP contribution is -2.29. The molecule has 0 bridgehead atoms. The molecule has 0 unspecified atom stereocenters. The Morgan fingerprint density at radius 3 is 2.43 bits per heavy atom. The van der Waals surface area contributed by atoms with Crippen molar-refractivity contribution in [1.29, 1.82) is 0 Å². The second kappa shape index (κ2) is 5.52. The quantitative estimate of drug-likeness (QED) is 0.650. The fourth-order valence-corrected chi connectivity index (χ4v) is 2.43. The summed E-state index contributed by atoms with van der Waals surface area (Å²) in [6.45, 7) is 3.72. The summed E-state index contributed by atoms with van der Waals surface area (Å²) in [7, 11) is 4.08. The zero-order valence-corrected chi connectivity index (χ0v) is 12.8. The summed E-state index contributed by atoms with van der Waals surface area (Å²) < 4.78 is 8.49. The average molecular weight is 283 g/mol. The maximum Gasteiger partial charge on any atom is 0.253 e. The number of imidazole rings is 2. The molecule has 0 radical (unpaired) electrons. The highest BCUT2D eigenvalue weighted by molar-refractivity contribution is 5.12. The van der Waals surface area contributed by atoms with Crippen molar-refractivity contribution in [3.05, 3.63) is 66.5 Å². The van der Waals surface area contributed by atoms with Crippen LogP contribution in [0.25, 0.3) is 0 Å². The molecular weight excluding hydrogens is 262 g/mol. The molecule has 0 aliphatic heterocycles. The van der Waals surface area contributed by atoms with Crippen molar-refractivity contribution < 1.29 is 9.13 Å². The Kier molecular flexibility index (Phi) is 3.56. The van der Waals surface area contributed by atoms with Crippen molar-refractivity contribution in [2.45, 2.75) is 20.0 Å². The van der Waals surface area contributed by atoms with Gasteiger partial charge in [0.25, 0.3) is 5.82 Å². The minimum atomic E-state index is 0.799. The van der Waals surface area contributed by atoms with E-state index in [0.29, 0.717) is 0 Å². The third kappa shape index (κ3) is 3.02. The van der Waals surface area contributed by atoms with Crippen molar-refractivity contribution in [2.75, 3.05) is 0 Å². The zero-order chi connectivity index (χ0) is 14.8. The summed E-state index contributed by atoms with van der Waals surface area (Å²) in [5.41, 5.74) is 2.17. The summed E-state index contributed by atoms with van der Waals surface area (Å²) in [5.74, 6) is 1.22. The van der Waals surface area contributed by atoms with Crippen LogP contribution in [-0.4, -0.2) is 14.1 Å². The molecule has 0 fully saturated rings. The summed E-state index contributed by atoms with van der Waals surface area (Å²) in [4.78, 5) is 4.76. The Hall–Kier alpha value is -2.43. The molecule has 0 aromatic carbocycles. The molecule has 0 N–H and O–H groups in total. The van der Waals surface area contributed by atoms with Crippen LogP contribution < -0.4 is 9.13 Å². The summed E-state index contributed by atoms with van der Waals surface area (Å²) >= 11 is 0. The largest absolute Gasteiger partial charge is 0.253 e. The first-order valence-electron chi connectivity index (χ1n) is 7.09. The van der Waals surface area contributed by atoms with Gasteiger partial charge in [0.15, 0.2) is 0 Å². The maximum atomic E-state index is 4.76. The van der Waals surface area contributed by atoms with E-state index in [1.165, 1.54) is 5.82 Å². The molecule has 5 heteroatoms. The third-order valence-electron chi connectivity index (χ3n) is 3.76. The van der Waals surface area contributed by atoms with Crippen molar-refractivity contribution in [1.82, 2.24) is 14.1 Å². The van der Waals surface area contributed by atoms with Crippen LogP contribution in [0.3, 0.4) is 0 Å². The molecule has 3 heterocycles. The molecule has 3 rings (SSSR count). The Bertz CT molecular complexity index is 754. The van der Waals surface area contributed by atoms with E-state index in [0.717, 1.165) is 24.5 Å². The highest BCUT2D eigenvalue weighted by Gasteiger charge is 2.11. The Morgan fingerprint density at radius 1 is 1.05 bits per heavy atom. The molecule has 0 atom stereocenters. The fourth-order valence-electron chi connectivity index (χ4n) is 2.43. The number of aromatic nitrogens is 5. The van der Waals surface area contributed by atoms with Gasteiger partial charge in [-0.1, -0.05) is 6.07 Å². The Labute approximate surface area is 124 Å². The van der Waals surface area contributed by atoms with Gasteiger partial charge >= 0.3 is 0 Å². The van der Waals surface area contributed by atoms with Gasteiger partial charge in [-0.05, 0) is 12.1 Å². The van der Waals surface area contributed by atoms with E-state index in [1.807, 2.05) is 17.8 Å². The molecule has 3 aromatic rings. The lowest BCUT2D eigenvalue weighted by molar-refractivity contribution is -0.677. The van der Waals surface area contributed by atoms with E-state index >= 15 is 0 Å². The second-order valence-corrected chi connectivity index (χ2v) is 5.46. The average Bonchev–Trinajstić information content (AvgIpc) is 3.00. The van der Waals surface area contributed by atoms with Gasteiger partial charge in [0, 0.05) is 6.92 Å². The number of rotatable bonds is 4. The number of hydrogen-bond donors (Lipinski definition) is 0. The van der Waals surface area contributed by atoms with Crippen molar-refractivity contribution in [3.63, 3.8) is 0 Å². The van der Waals surface area contributed by atoms with Gasteiger partial charge in [0.05, 0.1) is 25.5 Å². The van der Waals surface area contributed by atoms with Gasteiger partial charge in [-0.3, -0.25) is 0 Å². The third-order valence-corrected chi connectivity index (χ3v) is 3.76. The molecule has 0 saturated heterocycles. The van der Waals surface area contributed by atoms with Crippen molar-refractivity contribution in [2.24, 2.45) is 14.1 Å². The van der Waals surface area contributed by atoms with Gasteiger partial charge in [0.1, 0.15) is 37.9 Å². The minimum Gasteiger partial charge on any atom is -0.250 e. The minimum absolute atomic E-state index is 0.799. The van der Waals surface area contributed by atoms with Gasteiger partial charge in [-0.2, -0.15) is 0 Å². The standard InChI is InChI=1S/C16H21N5/c1-14-19(3)8-10-21(14)12-16-6-4-5-15(17-16)11-20-9-7-18(2)13-20/h4-10,13H,11-12H2,1-3H3/q+2. The number of nitrogens with zero attached hydrogens (tertiary/aromatic N) is 5. The SMILES string of the molecule is Cc1n(Cc2cccc(Cn3cc[n+](C)c3)n2)cc[n+]1C. The first-order valence-corrected chi connectivity index (χ1v) is 7.09. The first kappa shape index (κ1) is 13.5. The van der Waals surface area contributed by atoms with Crippen molar-refractivity contribution in [3.8, 4) is 0 Å². The second-order valence-electron chi connectivity index (χ2n) is 5.46. The molecule has 0 saturated carbocycles. The number of hydrogen-bond acceptors (Lipinski definition) is 1. The summed E-state index contributed by atoms with van der Waals surface area (Å²) in [6.07, 6.45) is 10.3. The van der Waals surface area contributed by atoms with Crippen LogP contribution in [0.1, 0.15) is 17.2 Å². The van der Waals surface area contributed by atoms with E-state index in [4.69, 9.17) is 4.98 Å². The number of pyridine rings is 1. The van der Waals surface area contributed by atoms with Gasteiger partial charge in [0.2, 0.25) is 6.33 Å². The topological polar surface area (TPSA) is 30.5 Å². The highest BCUT2D eigenvalue weighted by Crippen LogP contribution is 2.05. The normalized spacial score (nSPS) is 11.0. The molecular formula is C16H21N5+2. The van der Waals surface area contributed by atoms with E-state index in [2.05, 4.69) is 70.8 Å². The molecule has 21 heavy (non-hydrogen) atoms. The van der Waals surface area contributed by atoms with Crippen LogP contribution in [0.5, 0.6) is 0 Å². The molecule has 5 nitrogen and oxygen atoms in total. The lowest BCUT2D eigenvalue weighted by Gasteiger charge is -2.02. The number of aryl methyl sites for hydroxylation is 2. The molecule has 0 aliphatic carbocycles. The van der Waals surface area contributed by atoms with Gasteiger partial charge in [-0.15, -0.1) is 0 Å². The monoisotopic (exact) mass is 283 g/mol. The smallest absolute Gasteiger partial charge is 0.250 e.